The van der Waals surface area contributed by atoms with Gasteiger partial charge in [-0.15, -0.1) is 0 Å². The van der Waals surface area contributed by atoms with E-state index < -0.39 is 28.5 Å². The van der Waals surface area contributed by atoms with Crippen LogP contribution in [-0.2, 0) is 32.6 Å². The molecule has 41 heavy (non-hydrogen) atoms. The van der Waals surface area contributed by atoms with Crippen molar-refractivity contribution in [1.82, 2.24) is 10.2 Å². The standard InChI is InChI=1S/C32H39N3O5S/c1-24-11-7-8-14-26(24)22-34(31(36)23-35(41(3,38)39)28-17-19-29(40-2)20-18-28)30(21-25-12-5-4-6-13-25)32(37)33-27-15-9-10-16-27/h4-8,11-14,17-20,27,30H,9-10,15-16,21-23H2,1-3H3,(H,33,37)/t30-/m1/s1. The molecule has 3 aromatic rings. The molecule has 2 amide bonds. The lowest BCUT2D eigenvalue weighted by Crippen LogP contribution is -2.54. The number of amides is 2. The van der Waals surface area contributed by atoms with E-state index in [0.29, 0.717) is 17.9 Å². The van der Waals surface area contributed by atoms with Crippen molar-refractivity contribution in [3.8, 4) is 5.75 Å². The molecule has 0 heterocycles. The number of anilines is 1. The Morgan fingerprint density at radius 3 is 2.20 bits per heavy atom. The molecule has 1 fully saturated rings. The fraction of sp³-hybridized carbons (Fsp3) is 0.375. The van der Waals surface area contributed by atoms with E-state index in [9.17, 15) is 18.0 Å². The third-order valence-electron chi connectivity index (χ3n) is 7.61. The summed E-state index contributed by atoms with van der Waals surface area (Å²) in [7, 11) is -2.30. The Labute approximate surface area is 243 Å². The van der Waals surface area contributed by atoms with Crippen LogP contribution in [0.5, 0.6) is 5.75 Å². The van der Waals surface area contributed by atoms with Gasteiger partial charge in [-0.1, -0.05) is 67.4 Å². The molecular formula is C32H39N3O5S. The van der Waals surface area contributed by atoms with Crippen LogP contribution in [0.25, 0.3) is 0 Å². The Kier molecular flexibility index (Phi) is 10.0. The number of nitrogens with one attached hydrogen (secondary N) is 1. The molecule has 0 spiro atoms. The monoisotopic (exact) mass is 577 g/mol. The third-order valence-corrected chi connectivity index (χ3v) is 8.75. The zero-order valence-corrected chi connectivity index (χ0v) is 24.8. The van der Waals surface area contributed by atoms with Gasteiger partial charge in [0, 0.05) is 19.0 Å². The number of carbonyl (C=O) groups excluding carboxylic acids is 2. The molecule has 0 unspecified atom stereocenters. The maximum Gasteiger partial charge on any atom is 0.244 e. The number of hydrogen-bond acceptors (Lipinski definition) is 5. The van der Waals surface area contributed by atoms with Gasteiger partial charge in [-0.25, -0.2) is 8.42 Å². The van der Waals surface area contributed by atoms with Crippen molar-refractivity contribution in [1.29, 1.82) is 0 Å². The molecule has 9 heteroatoms. The third kappa shape index (κ3) is 8.10. The molecule has 1 aliphatic rings. The van der Waals surface area contributed by atoms with Crippen molar-refractivity contribution in [3.05, 3.63) is 95.6 Å². The lowest BCUT2D eigenvalue weighted by Gasteiger charge is -2.34. The summed E-state index contributed by atoms with van der Waals surface area (Å²) >= 11 is 0. The molecule has 0 saturated heterocycles. The number of benzene rings is 3. The van der Waals surface area contributed by atoms with E-state index in [1.807, 2.05) is 61.5 Å². The number of sulfonamides is 1. The number of methoxy groups -OCH3 is 1. The highest BCUT2D eigenvalue weighted by molar-refractivity contribution is 7.92. The summed E-state index contributed by atoms with van der Waals surface area (Å²) in [4.78, 5) is 29.6. The minimum Gasteiger partial charge on any atom is -0.497 e. The molecule has 1 saturated carbocycles. The molecule has 218 valence electrons. The molecule has 0 radical (unpaired) electrons. The summed E-state index contributed by atoms with van der Waals surface area (Å²) < 4.78 is 32.1. The Bertz CT molecular complexity index is 1420. The van der Waals surface area contributed by atoms with E-state index in [1.165, 1.54) is 7.11 Å². The first kappa shape index (κ1) is 30.1. The van der Waals surface area contributed by atoms with Crippen molar-refractivity contribution in [2.45, 2.75) is 57.7 Å². The molecule has 8 nitrogen and oxygen atoms in total. The van der Waals surface area contributed by atoms with Gasteiger partial charge < -0.3 is 15.0 Å². The van der Waals surface area contributed by atoms with Gasteiger partial charge in [0.2, 0.25) is 21.8 Å². The maximum absolute atomic E-state index is 14.2. The van der Waals surface area contributed by atoms with E-state index in [0.717, 1.165) is 52.9 Å². The summed E-state index contributed by atoms with van der Waals surface area (Å²) in [5.74, 6) is -0.115. The molecule has 0 bridgehead atoms. The topological polar surface area (TPSA) is 96.0 Å². The molecule has 1 N–H and O–H groups in total. The molecule has 0 aliphatic heterocycles. The summed E-state index contributed by atoms with van der Waals surface area (Å²) in [5, 5.41) is 3.18. The summed E-state index contributed by atoms with van der Waals surface area (Å²) in [6.07, 6.45) is 5.32. The Morgan fingerprint density at radius 1 is 0.951 bits per heavy atom. The predicted molar refractivity (Wildman–Crippen MR) is 161 cm³/mol. The SMILES string of the molecule is COc1ccc(N(CC(=O)N(Cc2ccccc2C)[C@H](Cc2ccccc2)C(=O)NC2CCCC2)S(C)(=O)=O)cc1. The van der Waals surface area contributed by atoms with E-state index in [-0.39, 0.29) is 18.5 Å². The largest absolute Gasteiger partial charge is 0.497 e. The minimum absolute atomic E-state index is 0.0722. The van der Waals surface area contributed by atoms with Crippen LogP contribution >= 0.6 is 0 Å². The van der Waals surface area contributed by atoms with E-state index >= 15 is 0 Å². The van der Waals surface area contributed by atoms with Gasteiger partial charge in [0.25, 0.3) is 0 Å². The lowest BCUT2D eigenvalue weighted by atomic mass is 10.0. The van der Waals surface area contributed by atoms with Gasteiger partial charge in [-0.2, -0.15) is 0 Å². The Balaban J connectivity index is 1.72. The predicted octanol–water partition coefficient (Wildman–Crippen LogP) is 4.47. The van der Waals surface area contributed by atoms with Gasteiger partial charge >= 0.3 is 0 Å². The highest BCUT2D eigenvalue weighted by Crippen LogP contribution is 2.24. The molecule has 4 rings (SSSR count). The Morgan fingerprint density at radius 2 is 1.59 bits per heavy atom. The second-order valence-electron chi connectivity index (χ2n) is 10.6. The fourth-order valence-corrected chi connectivity index (χ4v) is 6.10. The normalized spacial score (nSPS) is 14.3. The van der Waals surface area contributed by atoms with Gasteiger partial charge in [0.1, 0.15) is 18.3 Å². The second-order valence-corrected chi connectivity index (χ2v) is 12.5. The van der Waals surface area contributed by atoms with E-state index in [2.05, 4.69) is 5.32 Å². The minimum atomic E-state index is -3.83. The van der Waals surface area contributed by atoms with Crippen LogP contribution in [0.3, 0.4) is 0 Å². The first-order valence-corrected chi connectivity index (χ1v) is 15.8. The van der Waals surface area contributed by atoms with Crippen molar-refractivity contribution < 1.29 is 22.7 Å². The van der Waals surface area contributed by atoms with Gasteiger partial charge in [0.05, 0.1) is 19.1 Å². The van der Waals surface area contributed by atoms with Crippen molar-refractivity contribution in [3.63, 3.8) is 0 Å². The summed E-state index contributed by atoms with van der Waals surface area (Å²) in [6, 6.07) is 23.1. The summed E-state index contributed by atoms with van der Waals surface area (Å²) in [5.41, 5.74) is 3.13. The highest BCUT2D eigenvalue weighted by Gasteiger charge is 2.34. The van der Waals surface area contributed by atoms with Crippen molar-refractivity contribution in [2.24, 2.45) is 0 Å². The first-order chi connectivity index (χ1) is 19.7. The highest BCUT2D eigenvalue weighted by atomic mass is 32.2. The fourth-order valence-electron chi connectivity index (χ4n) is 5.25. The molecule has 3 aromatic carbocycles. The van der Waals surface area contributed by atoms with Crippen LogP contribution in [0, 0.1) is 6.92 Å². The molecule has 1 atom stereocenters. The van der Waals surface area contributed by atoms with Crippen molar-refractivity contribution in [2.75, 3.05) is 24.2 Å². The number of nitrogens with zero attached hydrogens (tertiary/aromatic N) is 2. The number of rotatable bonds is 12. The first-order valence-electron chi connectivity index (χ1n) is 14.0. The quantitative estimate of drug-likeness (QED) is 0.343. The molecular weight excluding hydrogens is 538 g/mol. The second kappa shape index (κ2) is 13.7. The maximum atomic E-state index is 14.2. The lowest BCUT2D eigenvalue weighted by molar-refractivity contribution is -0.140. The summed E-state index contributed by atoms with van der Waals surface area (Å²) in [6.45, 7) is 1.68. The van der Waals surface area contributed by atoms with Crippen LogP contribution in [0.15, 0.2) is 78.9 Å². The van der Waals surface area contributed by atoms with Crippen LogP contribution in [0.4, 0.5) is 5.69 Å². The van der Waals surface area contributed by atoms with E-state index in [1.54, 1.807) is 29.2 Å². The van der Waals surface area contributed by atoms with Gasteiger partial charge in [-0.3, -0.25) is 13.9 Å². The zero-order chi connectivity index (χ0) is 29.4. The molecule has 0 aromatic heterocycles. The van der Waals surface area contributed by atoms with Gasteiger partial charge in [-0.05, 0) is 60.7 Å². The van der Waals surface area contributed by atoms with Crippen LogP contribution in [0.1, 0.15) is 42.4 Å². The smallest absolute Gasteiger partial charge is 0.244 e. The zero-order valence-electron chi connectivity index (χ0n) is 24.0. The van der Waals surface area contributed by atoms with Crippen LogP contribution < -0.4 is 14.4 Å². The van der Waals surface area contributed by atoms with Crippen molar-refractivity contribution >= 4 is 27.5 Å². The number of aryl methyl sites for hydroxylation is 1. The number of ether oxygens (including phenoxy) is 1. The van der Waals surface area contributed by atoms with Gasteiger partial charge in [0.15, 0.2) is 0 Å². The average molecular weight is 578 g/mol. The van der Waals surface area contributed by atoms with Crippen LogP contribution in [0.2, 0.25) is 0 Å². The number of hydrogen-bond donors (Lipinski definition) is 1. The molecule has 1 aliphatic carbocycles. The van der Waals surface area contributed by atoms with E-state index in [4.69, 9.17) is 4.74 Å². The number of carbonyl (C=O) groups is 2. The average Bonchev–Trinajstić information content (AvgIpc) is 3.47. The van der Waals surface area contributed by atoms with Crippen LogP contribution in [-0.4, -0.2) is 57.1 Å². The Hall–Kier alpha value is -3.85.